The second-order valence-corrected chi connectivity index (χ2v) is 9.19. The number of hydrogen-bond donors (Lipinski definition) is 0. The molecule has 3 aromatic carbocycles. The molecule has 0 aliphatic carbocycles. The van der Waals surface area contributed by atoms with Crippen LogP contribution in [0.15, 0.2) is 77.7 Å². The van der Waals surface area contributed by atoms with Gasteiger partial charge < -0.3 is 9.47 Å². The molecule has 1 aliphatic rings. The Bertz CT molecular complexity index is 1160. The molecule has 0 aromatic heterocycles. The fraction of sp³-hybridized carbons (Fsp3) is 0.120. The van der Waals surface area contributed by atoms with Gasteiger partial charge in [-0.1, -0.05) is 84.1 Å². The maximum absolute atomic E-state index is 12.9. The Labute approximate surface area is 201 Å². The summed E-state index contributed by atoms with van der Waals surface area (Å²) in [5, 5.41) is 0.685. The van der Waals surface area contributed by atoms with Crippen molar-refractivity contribution in [1.29, 1.82) is 0 Å². The van der Waals surface area contributed by atoms with Crippen molar-refractivity contribution in [2.24, 2.45) is 0 Å². The molecule has 4 nitrogen and oxygen atoms in total. The van der Waals surface area contributed by atoms with Crippen molar-refractivity contribution in [2.75, 3.05) is 7.11 Å². The second kappa shape index (κ2) is 10.2. The van der Waals surface area contributed by atoms with E-state index in [0.29, 0.717) is 38.9 Å². The van der Waals surface area contributed by atoms with Gasteiger partial charge in [0.15, 0.2) is 11.5 Å². The van der Waals surface area contributed by atoms with Gasteiger partial charge in [0.1, 0.15) is 10.9 Å². The van der Waals surface area contributed by atoms with Crippen molar-refractivity contribution < 1.29 is 14.3 Å². The van der Waals surface area contributed by atoms with Gasteiger partial charge in [-0.25, -0.2) is 0 Å². The highest BCUT2D eigenvalue weighted by Crippen LogP contribution is 2.35. The van der Waals surface area contributed by atoms with Crippen LogP contribution in [0.2, 0.25) is 5.02 Å². The fourth-order valence-corrected chi connectivity index (χ4v) is 4.57. The molecule has 0 bridgehead atoms. The van der Waals surface area contributed by atoms with Crippen molar-refractivity contribution in [3.8, 4) is 11.5 Å². The molecule has 162 valence electrons. The maximum Gasteiger partial charge on any atom is 0.266 e. The second-order valence-electron chi connectivity index (χ2n) is 7.08. The number of thioether (sulfide) groups is 1. The summed E-state index contributed by atoms with van der Waals surface area (Å²) in [6, 6.07) is 22.9. The van der Waals surface area contributed by atoms with Crippen LogP contribution in [0.3, 0.4) is 0 Å². The van der Waals surface area contributed by atoms with Gasteiger partial charge in [-0.3, -0.25) is 9.69 Å². The quantitative estimate of drug-likeness (QED) is 0.291. The lowest BCUT2D eigenvalue weighted by Crippen LogP contribution is -2.27. The summed E-state index contributed by atoms with van der Waals surface area (Å²) in [4.78, 5) is 15.1. The van der Waals surface area contributed by atoms with E-state index in [0.717, 1.165) is 16.7 Å². The first-order valence-corrected chi connectivity index (χ1v) is 11.5. The monoisotopic (exact) mass is 481 g/mol. The number of rotatable bonds is 7. The molecule has 0 atom stereocenters. The third-order valence-corrected chi connectivity index (χ3v) is 6.48. The summed E-state index contributed by atoms with van der Waals surface area (Å²) in [7, 11) is 1.59. The number of methoxy groups -OCH3 is 1. The highest BCUT2D eigenvalue weighted by molar-refractivity contribution is 8.26. The molecular weight excluding hydrogens is 462 g/mol. The number of ether oxygens (including phenoxy) is 2. The standard InChI is InChI=1S/C25H20ClNO3S2/c1-29-22-13-19(9-12-21(22)30-16-18-7-10-20(26)11-8-18)14-23-24(28)27(25(31)32-23)15-17-5-3-2-4-6-17/h2-14H,15-16H2,1H3. The van der Waals surface area contributed by atoms with Crippen molar-refractivity contribution in [1.82, 2.24) is 4.90 Å². The molecule has 1 heterocycles. The van der Waals surface area contributed by atoms with Gasteiger partial charge in [-0.05, 0) is 47.0 Å². The number of carbonyl (C=O) groups is 1. The molecule has 0 radical (unpaired) electrons. The molecule has 7 heteroatoms. The van der Waals surface area contributed by atoms with Gasteiger partial charge in [0.05, 0.1) is 18.6 Å². The van der Waals surface area contributed by atoms with E-state index < -0.39 is 0 Å². The summed E-state index contributed by atoms with van der Waals surface area (Å²) in [6.07, 6.45) is 1.83. The van der Waals surface area contributed by atoms with Gasteiger partial charge >= 0.3 is 0 Å². The summed E-state index contributed by atoms with van der Waals surface area (Å²) in [5.74, 6) is 1.12. The Hall–Kier alpha value is -2.80. The first kappa shape index (κ1) is 22.4. The average Bonchev–Trinajstić information content (AvgIpc) is 3.07. The molecule has 1 amide bonds. The van der Waals surface area contributed by atoms with Gasteiger partial charge in [-0.2, -0.15) is 0 Å². The summed E-state index contributed by atoms with van der Waals surface area (Å²) in [5.41, 5.74) is 2.87. The predicted molar refractivity (Wildman–Crippen MR) is 134 cm³/mol. The fourth-order valence-electron chi connectivity index (χ4n) is 3.19. The highest BCUT2D eigenvalue weighted by atomic mass is 35.5. The number of benzene rings is 3. The molecule has 4 rings (SSSR count). The van der Waals surface area contributed by atoms with Crippen LogP contribution in [-0.4, -0.2) is 22.2 Å². The molecule has 32 heavy (non-hydrogen) atoms. The summed E-state index contributed by atoms with van der Waals surface area (Å²) in [6.45, 7) is 0.856. The first-order chi connectivity index (χ1) is 15.5. The molecule has 0 spiro atoms. The largest absolute Gasteiger partial charge is 0.493 e. The Morgan fingerprint density at radius 3 is 2.47 bits per heavy atom. The van der Waals surface area contributed by atoms with Crippen LogP contribution in [-0.2, 0) is 17.9 Å². The highest BCUT2D eigenvalue weighted by Gasteiger charge is 2.32. The van der Waals surface area contributed by atoms with E-state index in [1.165, 1.54) is 11.8 Å². The minimum absolute atomic E-state index is 0.0918. The Kier molecular flexibility index (Phi) is 7.15. The van der Waals surface area contributed by atoms with Crippen molar-refractivity contribution >= 4 is 51.9 Å². The van der Waals surface area contributed by atoms with E-state index in [2.05, 4.69) is 0 Å². The number of carbonyl (C=O) groups excluding carboxylic acids is 1. The summed E-state index contributed by atoms with van der Waals surface area (Å²) >= 11 is 12.7. The third-order valence-electron chi connectivity index (χ3n) is 4.85. The minimum atomic E-state index is -0.0918. The maximum atomic E-state index is 12.9. The van der Waals surface area contributed by atoms with Crippen LogP contribution in [0, 0.1) is 0 Å². The Morgan fingerprint density at radius 1 is 1.00 bits per heavy atom. The molecule has 1 saturated heterocycles. The van der Waals surface area contributed by atoms with E-state index in [1.807, 2.05) is 78.9 Å². The van der Waals surface area contributed by atoms with Gasteiger partial charge in [0.25, 0.3) is 5.91 Å². The number of nitrogens with zero attached hydrogens (tertiary/aromatic N) is 1. The van der Waals surface area contributed by atoms with Crippen LogP contribution in [0.25, 0.3) is 6.08 Å². The van der Waals surface area contributed by atoms with Crippen LogP contribution in [0.4, 0.5) is 0 Å². The number of halogens is 1. The van der Waals surface area contributed by atoms with Crippen LogP contribution < -0.4 is 9.47 Å². The SMILES string of the molecule is COc1cc(C=C2SC(=S)N(Cc3ccccc3)C2=O)ccc1OCc1ccc(Cl)cc1. The average molecular weight is 482 g/mol. The van der Waals surface area contributed by atoms with Crippen LogP contribution in [0.1, 0.15) is 16.7 Å². The van der Waals surface area contributed by atoms with Crippen LogP contribution >= 0.6 is 35.6 Å². The normalized spacial score (nSPS) is 14.8. The van der Waals surface area contributed by atoms with E-state index in [-0.39, 0.29) is 5.91 Å². The van der Waals surface area contributed by atoms with Crippen molar-refractivity contribution in [2.45, 2.75) is 13.2 Å². The molecule has 3 aromatic rings. The molecule has 0 saturated carbocycles. The predicted octanol–water partition coefficient (Wildman–Crippen LogP) is 6.33. The van der Waals surface area contributed by atoms with E-state index in [1.54, 1.807) is 12.0 Å². The minimum Gasteiger partial charge on any atom is -0.493 e. The Balaban J connectivity index is 1.48. The zero-order valence-electron chi connectivity index (χ0n) is 17.3. The van der Waals surface area contributed by atoms with Crippen molar-refractivity contribution in [3.05, 3.63) is 99.4 Å². The molecular formula is C25H20ClNO3S2. The van der Waals surface area contributed by atoms with E-state index in [4.69, 9.17) is 33.3 Å². The molecule has 1 fully saturated rings. The lowest BCUT2D eigenvalue weighted by atomic mass is 10.1. The Morgan fingerprint density at radius 2 is 1.75 bits per heavy atom. The lowest BCUT2D eigenvalue weighted by molar-refractivity contribution is -0.122. The number of thiocarbonyl (C=S) groups is 1. The van der Waals surface area contributed by atoms with E-state index >= 15 is 0 Å². The van der Waals surface area contributed by atoms with Gasteiger partial charge in [-0.15, -0.1) is 0 Å². The van der Waals surface area contributed by atoms with Crippen LogP contribution in [0.5, 0.6) is 11.5 Å². The molecule has 1 aliphatic heterocycles. The van der Waals surface area contributed by atoms with Gasteiger partial charge in [0.2, 0.25) is 0 Å². The molecule has 0 N–H and O–H groups in total. The zero-order valence-corrected chi connectivity index (χ0v) is 19.7. The lowest BCUT2D eigenvalue weighted by Gasteiger charge is -2.14. The van der Waals surface area contributed by atoms with Crippen molar-refractivity contribution in [3.63, 3.8) is 0 Å². The van der Waals surface area contributed by atoms with Gasteiger partial charge in [0, 0.05) is 5.02 Å². The molecule has 0 unspecified atom stereocenters. The van der Waals surface area contributed by atoms with E-state index in [9.17, 15) is 4.79 Å². The summed E-state index contributed by atoms with van der Waals surface area (Å²) < 4.78 is 12.0. The number of hydrogen-bond acceptors (Lipinski definition) is 5. The third kappa shape index (κ3) is 5.33. The number of amides is 1. The zero-order chi connectivity index (χ0) is 22.5. The smallest absolute Gasteiger partial charge is 0.266 e. The first-order valence-electron chi connectivity index (χ1n) is 9.88. The topological polar surface area (TPSA) is 38.8 Å².